The Morgan fingerprint density at radius 3 is 3.05 bits per heavy atom. The first-order chi connectivity index (χ1) is 10.2. The standard InChI is InChI=1S/C16H26N4S/c1-4-17-16(19-11-14-7-5-6-8-18-14)20-9-10-21-15(12-20)13(2)3/h5-8,13,15H,4,9-12H2,1-3H3,(H,17,19). The zero-order valence-corrected chi connectivity index (χ0v) is 14.1. The largest absolute Gasteiger partial charge is 0.357 e. The second-order valence-corrected chi connectivity index (χ2v) is 6.94. The Balaban J connectivity index is 2.03. The number of thioether (sulfide) groups is 1. The van der Waals surface area contributed by atoms with E-state index in [1.54, 1.807) is 0 Å². The van der Waals surface area contributed by atoms with Gasteiger partial charge in [-0.3, -0.25) is 4.98 Å². The van der Waals surface area contributed by atoms with Crippen molar-refractivity contribution < 1.29 is 0 Å². The number of nitrogens with zero attached hydrogens (tertiary/aromatic N) is 3. The lowest BCUT2D eigenvalue weighted by molar-refractivity contribution is 0.380. The number of aromatic nitrogens is 1. The van der Waals surface area contributed by atoms with Crippen LogP contribution in [0.25, 0.3) is 0 Å². The third-order valence-corrected chi connectivity index (χ3v) is 5.13. The topological polar surface area (TPSA) is 40.5 Å². The molecule has 5 heteroatoms. The van der Waals surface area contributed by atoms with Crippen molar-refractivity contribution in [2.45, 2.75) is 32.6 Å². The van der Waals surface area contributed by atoms with E-state index < -0.39 is 0 Å². The summed E-state index contributed by atoms with van der Waals surface area (Å²) >= 11 is 2.09. The minimum absolute atomic E-state index is 0.638. The highest BCUT2D eigenvalue weighted by atomic mass is 32.2. The van der Waals surface area contributed by atoms with E-state index in [1.807, 2.05) is 24.4 Å². The van der Waals surface area contributed by atoms with Crippen LogP contribution in [0.1, 0.15) is 26.5 Å². The molecule has 0 bridgehead atoms. The van der Waals surface area contributed by atoms with E-state index in [0.29, 0.717) is 17.7 Å². The van der Waals surface area contributed by atoms with Crippen LogP contribution in [0.3, 0.4) is 0 Å². The molecule has 0 amide bonds. The van der Waals surface area contributed by atoms with Gasteiger partial charge in [0.15, 0.2) is 5.96 Å². The van der Waals surface area contributed by atoms with Gasteiger partial charge in [-0.15, -0.1) is 0 Å². The number of pyridine rings is 1. The van der Waals surface area contributed by atoms with Crippen LogP contribution in [0.5, 0.6) is 0 Å². The summed E-state index contributed by atoms with van der Waals surface area (Å²) in [7, 11) is 0. The molecule has 2 rings (SSSR count). The first kappa shape index (κ1) is 16.1. The third kappa shape index (κ3) is 4.92. The molecular formula is C16H26N4S. The third-order valence-electron chi connectivity index (χ3n) is 3.59. The van der Waals surface area contributed by atoms with Gasteiger partial charge in [0.2, 0.25) is 0 Å². The van der Waals surface area contributed by atoms with Gasteiger partial charge in [0.1, 0.15) is 0 Å². The molecular weight excluding hydrogens is 280 g/mol. The number of rotatable bonds is 4. The van der Waals surface area contributed by atoms with Crippen LogP contribution >= 0.6 is 11.8 Å². The fourth-order valence-corrected chi connectivity index (χ4v) is 3.64. The molecule has 1 aliphatic rings. The summed E-state index contributed by atoms with van der Waals surface area (Å²) in [5.74, 6) is 2.90. The Hall–Kier alpha value is -1.23. The highest BCUT2D eigenvalue weighted by molar-refractivity contribution is 8.00. The smallest absolute Gasteiger partial charge is 0.194 e. The molecule has 1 aliphatic heterocycles. The van der Waals surface area contributed by atoms with Gasteiger partial charge in [-0.2, -0.15) is 11.8 Å². The molecule has 0 radical (unpaired) electrons. The highest BCUT2D eigenvalue weighted by Gasteiger charge is 2.24. The van der Waals surface area contributed by atoms with Crippen molar-refractivity contribution in [3.63, 3.8) is 0 Å². The number of aliphatic imine (C=N–C) groups is 1. The molecule has 1 aromatic rings. The normalized spacial score (nSPS) is 19.9. The first-order valence-electron chi connectivity index (χ1n) is 7.75. The molecule has 0 aromatic carbocycles. The molecule has 1 atom stereocenters. The molecule has 0 spiro atoms. The molecule has 1 saturated heterocycles. The summed E-state index contributed by atoms with van der Waals surface area (Å²) in [6.07, 6.45) is 1.82. The molecule has 21 heavy (non-hydrogen) atoms. The van der Waals surface area contributed by atoms with Crippen molar-refractivity contribution in [3.05, 3.63) is 30.1 Å². The van der Waals surface area contributed by atoms with Crippen molar-refractivity contribution in [1.29, 1.82) is 0 Å². The van der Waals surface area contributed by atoms with Gasteiger partial charge in [0.25, 0.3) is 0 Å². The second kappa shape index (κ2) is 8.27. The highest BCUT2D eigenvalue weighted by Crippen LogP contribution is 2.24. The lowest BCUT2D eigenvalue weighted by Gasteiger charge is -2.36. The van der Waals surface area contributed by atoms with Crippen LogP contribution < -0.4 is 5.32 Å². The fraction of sp³-hybridized carbons (Fsp3) is 0.625. The van der Waals surface area contributed by atoms with Gasteiger partial charge in [-0.25, -0.2) is 4.99 Å². The van der Waals surface area contributed by atoms with E-state index in [0.717, 1.165) is 31.3 Å². The average Bonchev–Trinajstić information content (AvgIpc) is 2.52. The van der Waals surface area contributed by atoms with Gasteiger partial charge in [-0.1, -0.05) is 19.9 Å². The van der Waals surface area contributed by atoms with E-state index >= 15 is 0 Å². The summed E-state index contributed by atoms with van der Waals surface area (Å²) < 4.78 is 0. The van der Waals surface area contributed by atoms with Crippen LogP contribution in [0, 0.1) is 5.92 Å². The Morgan fingerprint density at radius 1 is 1.52 bits per heavy atom. The molecule has 2 heterocycles. The van der Waals surface area contributed by atoms with Gasteiger partial charge >= 0.3 is 0 Å². The summed E-state index contributed by atoms with van der Waals surface area (Å²) in [5.41, 5.74) is 1.01. The van der Waals surface area contributed by atoms with Crippen molar-refractivity contribution in [1.82, 2.24) is 15.2 Å². The van der Waals surface area contributed by atoms with Gasteiger partial charge in [0, 0.05) is 36.8 Å². The predicted octanol–water partition coefficient (Wildman–Crippen LogP) is 2.62. The van der Waals surface area contributed by atoms with Crippen molar-refractivity contribution in [3.8, 4) is 0 Å². The van der Waals surface area contributed by atoms with Gasteiger partial charge < -0.3 is 10.2 Å². The Labute approximate surface area is 132 Å². The van der Waals surface area contributed by atoms with Crippen molar-refractivity contribution in [2.24, 2.45) is 10.9 Å². The maximum atomic E-state index is 4.76. The monoisotopic (exact) mass is 306 g/mol. The fourth-order valence-electron chi connectivity index (χ4n) is 2.34. The predicted molar refractivity (Wildman–Crippen MR) is 91.7 cm³/mol. The lowest BCUT2D eigenvalue weighted by atomic mass is 10.1. The van der Waals surface area contributed by atoms with Crippen LogP contribution in [0.2, 0.25) is 0 Å². The molecule has 1 N–H and O–H groups in total. The zero-order valence-electron chi connectivity index (χ0n) is 13.2. The summed E-state index contributed by atoms with van der Waals surface area (Å²) in [6.45, 7) is 10.4. The second-order valence-electron chi connectivity index (χ2n) is 5.59. The minimum Gasteiger partial charge on any atom is -0.357 e. The van der Waals surface area contributed by atoms with E-state index in [4.69, 9.17) is 4.99 Å². The Bertz CT molecular complexity index is 447. The lowest BCUT2D eigenvalue weighted by Crippen LogP contribution is -2.49. The SMILES string of the molecule is CCNC(=NCc1ccccn1)N1CCSC(C(C)C)C1. The van der Waals surface area contributed by atoms with E-state index in [2.05, 4.69) is 47.7 Å². The molecule has 4 nitrogen and oxygen atoms in total. The van der Waals surface area contributed by atoms with E-state index in [1.165, 1.54) is 5.75 Å². The molecule has 0 saturated carbocycles. The molecule has 1 fully saturated rings. The van der Waals surface area contributed by atoms with Crippen LogP contribution in [0.15, 0.2) is 29.4 Å². The number of nitrogens with one attached hydrogen (secondary N) is 1. The minimum atomic E-state index is 0.638. The summed E-state index contributed by atoms with van der Waals surface area (Å²) in [5, 5.41) is 4.11. The zero-order chi connectivity index (χ0) is 15.1. The average molecular weight is 306 g/mol. The Kier molecular flexibility index (Phi) is 6.36. The molecule has 1 unspecified atom stereocenters. The number of guanidine groups is 1. The maximum Gasteiger partial charge on any atom is 0.194 e. The molecule has 116 valence electrons. The quantitative estimate of drug-likeness (QED) is 0.686. The van der Waals surface area contributed by atoms with E-state index in [-0.39, 0.29) is 0 Å². The first-order valence-corrected chi connectivity index (χ1v) is 8.80. The van der Waals surface area contributed by atoms with Gasteiger partial charge in [0.05, 0.1) is 12.2 Å². The van der Waals surface area contributed by atoms with Crippen LogP contribution in [-0.2, 0) is 6.54 Å². The van der Waals surface area contributed by atoms with E-state index in [9.17, 15) is 0 Å². The van der Waals surface area contributed by atoms with Crippen LogP contribution in [0.4, 0.5) is 0 Å². The summed E-state index contributed by atoms with van der Waals surface area (Å²) in [6, 6.07) is 5.97. The number of hydrogen-bond acceptors (Lipinski definition) is 3. The molecule has 1 aromatic heterocycles. The van der Waals surface area contributed by atoms with Gasteiger partial charge in [-0.05, 0) is 25.0 Å². The van der Waals surface area contributed by atoms with Crippen LogP contribution in [-0.4, -0.2) is 46.5 Å². The molecule has 0 aliphatic carbocycles. The summed E-state index contributed by atoms with van der Waals surface area (Å²) in [4.78, 5) is 11.5. The van der Waals surface area contributed by atoms with Crippen molar-refractivity contribution in [2.75, 3.05) is 25.4 Å². The Morgan fingerprint density at radius 2 is 2.38 bits per heavy atom. The van der Waals surface area contributed by atoms with Crippen molar-refractivity contribution >= 4 is 17.7 Å². The number of hydrogen-bond donors (Lipinski definition) is 1. The maximum absolute atomic E-state index is 4.76.